The zero-order valence-corrected chi connectivity index (χ0v) is 10.2. The predicted molar refractivity (Wildman–Crippen MR) is 62.3 cm³/mol. The Morgan fingerprint density at radius 2 is 2.35 bits per heavy atom. The lowest BCUT2D eigenvalue weighted by atomic mass is 10.2. The van der Waals surface area contributed by atoms with E-state index in [1.165, 1.54) is 0 Å². The molecule has 17 heavy (non-hydrogen) atoms. The summed E-state index contributed by atoms with van der Waals surface area (Å²) >= 11 is 0. The largest absolute Gasteiger partial charge is 0.367 e. The summed E-state index contributed by atoms with van der Waals surface area (Å²) < 4.78 is 7.48. The normalized spacial score (nSPS) is 21.9. The van der Waals surface area contributed by atoms with Crippen LogP contribution in [0.15, 0.2) is 0 Å². The first-order valence-electron chi connectivity index (χ1n) is 6.15. The molecule has 1 saturated heterocycles. The van der Waals surface area contributed by atoms with Crippen molar-refractivity contribution < 1.29 is 4.74 Å². The van der Waals surface area contributed by atoms with Gasteiger partial charge in [-0.2, -0.15) is 0 Å². The van der Waals surface area contributed by atoms with Crippen molar-refractivity contribution in [1.82, 2.24) is 25.1 Å². The number of hydrogen-bond acceptors (Lipinski definition) is 6. The lowest BCUT2D eigenvalue weighted by molar-refractivity contribution is -0.0363. The number of hydrogen-bond donors (Lipinski definition) is 1. The summed E-state index contributed by atoms with van der Waals surface area (Å²) in [6, 6.07) is 0. The van der Waals surface area contributed by atoms with Crippen LogP contribution < -0.4 is 5.73 Å². The van der Waals surface area contributed by atoms with E-state index in [0.717, 1.165) is 38.5 Å². The van der Waals surface area contributed by atoms with Crippen LogP contribution in [-0.2, 0) is 11.3 Å². The standard InChI is InChI=1S/C10H20N6O/c1-2-4-15-6-7-17-9(8-15)10-12-13-14-16(10)5-3-11/h9H,2-8,11H2,1H3. The van der Waals surface area contributed by atoms with E-state index in [1.807, 2.05) is 0 Å². The minimum Gasteiger partial charge on any atom is -0.367 e. The van der Waals surface area contributed by atoms with E-state index in [2.05, 4.69) is 27.3 Å². The van der Waals surface area contributed by atoms with Crippen molar-refractivity contribution in [3.8, 4) is 0 Å². The van der Waals surface area contributed by atoms with Crippen molar-refractivity contribution in [3.63, 3.8) is 0 Å². The lowest BCUT2D eigenvalue weighted by Crippen LogP contribution is -2.39. The van der Waals surface area contributed by atoms with E-state index in [0.29, 0.717) is 13.1 Å². The molecule has 0 bridgehead atoms. The fraction of sp³-hybridized carbons (Fsp3) is 0.900. The van der Waals surface area contributed by atoms with Crippen LogP contribution in [0.25, 0.3) is 0 Å². The topological polar surface area (TPSA) is 82.1 Å². The van der Waals surface area contributed by atoms with Crippen LogP contribution in [0.4, 0.5) is 0 Å². The number of nitrogens with two attached hydrogens (primary N) is 1. The highest BCUT2D eigenvalue weighted by Gasteiger charge is 2.26. The fourth-order valence-corrected chi connectivity index (χ4v) is 2.10. The van der Waals surface area contributed by atoms with Gasteiger partial charge in [0.15, 0.2) is 5.82 Å². The maximum Gasteiger partial charge on any atom is 0.181 e. The smallest absolute Gasteiger partial charge is 0.181 e. The Hall–Kier alpha value is -1.05. The first kappa shape index (κ1) is 12.4. The Labute approximate surface area is 101 Å². The highest BCUT2D eigenvalue weighted by atomic mass is 16.5. The molecule has 1 aromatic heterocycles. The summed E-state index contributed by atoms with van der Waals surface area (Å²) in [7, 11) is 0. The second-order valence-electron chi connectivity index (χ2n) is 4.21. The molecule has 2 rings (SSSR count). The van der Waals surface area contributed by atoms with Gasteiger partial charge in [-0.3, -0.25) is 4.90 Å². The highest BCUT2D eigenvalue weighted by molar-refractivity contribution is 4.92. The van der Waals surface area contributed by atoms with Gasteiger partial charge in [-0.25, -0.2) is 4.68 Å². The van der Waals surface area contributed by atoms with Gasteiger partial charge in [0.25, 0.3) is 0 Å². The molecule has 96 valence electrons. The number of aromatic nitrogens is 4. The average Bonchev–Trinajstić information content (AvgIpc) is 2.79. The molecule has 1 unspecified atom stereocenters. The molecule has 7 nitrogen and oxygen atoms in total. The lowest BCUT2D eigenvalue weighted by Gasteiger charge is -2.31. The molecule has 0 spiro atoms. The SMILES string of the molecule is CCCN1CCOC(c2nnnn2CCN)C1. The van der Waals surface area contributed by atoms with Crippen LogP contribution in [0.5, 0.6) is 0 Å². The van der Waals surface area contributed by atoms with Crippen molar-refractivity contribution in [2.45, 2.75) is 26.0 Å². The monoisotopic (exact) mass is 240 g/mol. The molecule has 0 radical (unpaired) electrons. The molecule has 1 aliphatic heterocycles. The second-order valence-corrected chi connectivity index (χ2v) is 4.21. The van der Waals surface area contributed by atoms with E-state index in [1.54, 1.807) is 4.68 Å². The molecule has 0 amide bonds. The van der Waals surface area contributed by atoms with E-state index in [9.17, 15) is 0 Å². The van der Waals surface area contributed by atoms with Crippen molar-refractivity contribution in [1.29, 1.82) is 0 Å². The number of rotatable bonds is 5. The van der Waals surface area contributed by atoms with Gasteiger partial charge in [0, 0.05) is 19.6 Å². The van der Waals surface area contributed by atoms with Gasteiger partial charge in [0.2, 0.25) is 0 Å². The molecule has 0 aromatic carbocycles. The summed E-state index contributed by atoms with van der Waals surface area (Å²) in [5.41, 5.74) is 5.53. The maximum absolute atomic E-state index is 5.74. The predicted octanol–water partition coefficient (Wildman–Crippen LogP) is -0.585. The molecule has 7 heteroatoms. The third-order valence-electron chi connectivity index (χ3n) is 2.88. The van der Waals surface area contributed by atoms with E-state index >= 15 is 0 Å². The fourth-order valence-electron chi connectivity index (χ4n) is 2.10. The van der Waals surface area contributed by atoms with E-state index < -0.39 is 0 Å². The number of tetrazole rings is 1. The Kier molecular flexibility index (Phi) is 4.41. The molecule has 1 fully saturated rings. The van der Waals surface area contributed by atoms with E-state index in [-0.39, 0.29) is 6.10 Å². The minimum atomic E-state index is -0.0307. The van der Waals surface area contributed by atoms with Gasteiger partial charge in [-0.15, -0.1) is 5.10 Å². The van der Waals surface area contributed by atoms with Crippen molar-refractivity contribution in [2.24, 2.45) is 5.73 Å². The zero-order valence-electron chi connectivity index (χ0n) is 10.2. The Morgan fingerprint density at radius 3 is 3.12 bits per heavy atom. The Bertz CT molecular complexity index is 339. The van der Waals surface area contributed by atoms with Crippen LogP contribution >= 0.6 is 0 Å². The first-order valence-corrected chi connectivity index (χ1v) is 6.15. The van der Waals surface area contributed by atoms with Crippen LogP contribution in [0.3, 0.4) is 0 Å². The van der Waals surface area contributed by atoms with Gasteiger partial charge in [0.05, 0.1) is 13.2 Å². The maximum atomic E-state index is 5.74. The Morgan fingerprint density at radius 1 is 1.47 bits per heavy atom. The van der Waals surface area contributed by atoms with Crippen molar-refractivity contribution in [3.05, 3.63) is 5.82 Å². The third-order valence-corrected chi connectivity index (χ3v) is 2.88. The Balaban J connectivity index is 2.02. The van der Waals surface area contributed by atoms with Crippen LogP contribution in [0.2, 0.25) is 0 Å². The van der Waals surface area contributed by atoms with Gasteiger partial charge < -0.3 is 10.5 Å². The van der Waals surface area contributed by atoms with E-state index in [4.69, 9.17) is 10.5 Å². The molecule has 2 heterocycles. The van der Waals surface area contributed by atoms with Gasteiger partial charge in [-0.1, -0.05) is 6.92 Å². The van der Waals surface area contributed by atoms with Gasteiger partial charge >= 0.3 is 0 Å². The number of nitrogens with zero attached hydrogens (tertiary/aromatic N) is 5. The summed E-state index contributed by atoms with van der Waals surface area (Å²) in [6.07, 6.45) is 1.12. The molecule has 0 aliphatic carbocycles. The third kappa shape index (κ3) is 2.99. The number of morpholine rings is 1. The number of ether oxygens (including phenoxy) is 1. The highest BCUT2D eigenvalue weighted by Crippen LogP contribution is 2.19. The molecule has 1 aromatic rings. The quantitative estimate of drug-likeness (QED) is 0.741. The molecular formula is C10H20N6O. The minimum absolute atomic E-state index is 0.0307. The second kappa shape index (κ2) is 6.04. The summed E-state index contributed by atoms with van der Waals surface area (Å²) in [6.45, 7) is 7.03. The van der Waals surface area contributed by atoms with Crippen LogP contribution in [0, 0.1) is 0 Å². The average molecular weight is 240 g/mol. The zero-order chi connectivity index (χ0) is 12.1. The van der Waals surface area contributed by atoms with Crippen LogP contribution in [0.1, 0.15) is 25.3 Å². The van der Waals surface area contributed by atoms with Crippen LogP contribution in [-0.4, -0.2) is 57.9 Å². The van der Waals surface area contributed by atoms with Gasteiger partial charge in [0.1, 0.15) is 6.10 Å². The molecule has 2 N–H and O–H groups in total. The molecule has 1 atom stereocenters. The summed E-state index contributed by atoms with van der Waals surface area (Å²) in [5, 5.41) is 11.7. The molecular weight excluding hydrogens is 220 g/mol. The van der Waals surface area contributed by atoms with Crippen molar-refractivity contribution in [2.75, 3.05) is 32.8 Å². The van der Waals surface area contributed by atoms with Gasteiger partial charge in [-0.05, 0) is 23.4 Å². The summed E-state index contributed by atoms with van der Waals surface area (Å²) in [5.74, 6) is 0.788. The first-order chi connectivity index (χ1) is 8.35. The summed E-state index contributed by atoms with van der Waals surface area (Å²) in [4.78, 5) is 2.38. The van der Waals surface area contributed by atoms with Crippen molar-refractivity contribution >= 4 is 0 Å². The molecule has 0 saturated carbocycles. The molecule has 1 aliphatic rings.